The maximum absolute atomic E-state index is 12.5. The Bertz CT molecular complexity index is 667. The molecule has 0 bridgehead atoms. The lowest BCUT2D eigenvalue weighted by Crippen LogP contribution is -2.38. The lowest BCUT2D eigenvalue weighted by atomic mass is 10.3. The van der Waals surface area contributed by atoms with Gasteiger partial charge in [0.1, 0.15) is 0 Å². The first kappa shape index (κ1) is 16.4. The molecule has 3 rings (SSSR count). The lowest BCUT2D eigenvalue weighted by Gasteiger charge is -2.23. The van der Waals surface area contributed by atoms with Gasteiger partial charge in [0.15, 0.2) is 5.82 Å². The molecule has 0 radical (unpaired) electrons. The van der Waals surface area contributed by atoms with E-state index in [1.807, 2.05) is 27.9 Å². The van der Waals surface area contributed by atoms with Gasteiger partial charge in [-0.2, -0.15) is 5.10 Å². The van der Waals surface area contributed by atoms with Crippen LogP contribution in [-0.4, -0.2) is 46.9 Å². The van der Waals surface area contributed by atoms with Crippen molar-refractivity contribution in [1.29, 1.82) is 0 Å². The van der Waals surface area contributed by atoms with Crippen LogP contribution in [0.5, 0.6) is 0 Å². The fraction of sp³-hybridized carbons (Fsp3) is 0.444. The van der Waals surface area contributed by atoms with Crippen molar-refractivity contribution in [3.8, 4) is 0 Å². The topological polar surface area (TPSA) is 53.4 Å². The Labute approximate surface area is 143 Å². The van der Waals surface area contributed by atoms with Crippen LogP contribution in [0, 0.1) is 0 Å². The summed E-state index contributed by atoms with van der Waals surface area (Å²) in [4.78, 5) is 16.7. The Balaban J connectivity index is 1.58. The molecule has 128 valence electrons. The first-order chi connectivity index (χ1) is 11.6. The van der Waals surface area contributed by atoms with Gasteiger partial charge in [-0.05, 0) is 32.4 Å². The number of carbonyl (C=O) groups excluding carboxylic acids is 1. The lowest BCUT2D eigenvalue weighted by molar-refractivity contribution is 0.215. The van der Waals surface area contributed by atoms with Crippen LogP contribution in [0.25, 0.3) is 0 Å². The second-order valence-corrected chi connectivity index (χ2v) is 6.37. The molecule has 0 aliphatic carbocycles. The molecule has 24 heavy (non-hydrogen) atoms. The van der Waals surface area contributed by atoms with Crippen molar-refractivity contribution in [2.24, 2.45) is 0 Å². The zero-order chi connectivity index (χ0) is 16.9. The number of amides is 2. The second kappa shape index (κ2) is 7.38. The number of hydrogen-bond acceptors (Lipinski definition) is 3. The Morgan fingerprint density at radius 2 is 1.88 bits per heavy atom. The van der Waals surface area contributed by atoms with Crippen LogP contribution in [0.3, 0.4) is 0 Å². The van der Waals surface area contributed by atoms with Crippen LogP contribution in [-0.2, 0) is 0 Å². The molecule has 0 atom stereocenters. The molecule has 6 nitrogen and oxygen atoms in total. The number of nitrogens with one attached hydrogen (secondary N) is 1. The van der Waals surface area contributed by atoms with E-state index in [4.69, 9.17) is 0 Å². The molecule has 2 aromatic rings. The fourth-order valence-corrected chi connectivity index (χ4v) is 2.90. The molecule has 1 fully saturated rings. The van der Waals surface area contributed by atoms with Gasteiger partial charge in [-0.1, -0.05) is 18.2 Å². The molecule has 6 heteroatoms. The van der Waals surface area contributed by atoms with E-state index in [0.29, 0.717) is 12.4 Å². The number of carbonyl (C=O) groups is 1. The van der Waals surface area contributed by atoms with Crippen molar-refractivity contribution in [3.05, 3.63) is 42.6 Å². The van der Waals surface area contributed by atoms with Crippen LogP contribution in [0.15, 0.2) is 42.6 Å². The molecule has 1 aromatic carbocycles. The minimum absolute atomic E-state index is 0.0704. The van der Waals surface area contributed by atoms with Gasteiger partial charge < -0.3 is 9.80 Å². The van der Waals surface area contributed by atoms with Crippen molar-refractivity contribution in [3.63, 3.8) is 0 Å². The third kappa shape index (κ3) is 3.88. The number of benzene rings is 1. The van der Waals surface area contributed by atoms with E-state index < -0.39 is 0 Å². The predicted molar refractivity (Wildman–Crippen MR) is 96.5 cm³/mol. The maximum atomic E-state index is 12.5. The summed E-state index contributed by atoms with van der Waals surface area (Å²) >= 11 is 0. The third-order valence-electron chi connectivity index (χ3n) is 4.28. The average Bonchev–Trinajstić information content (AvgIpc) is 2.91. The Kier molecular flexibility index (Phi) is 5.03. The minimum atomic E-state index is -0.0704. The van der Waals surface area contributed by atoms with E-state index >= 15 is 0 Å². The molecular formula is C18H25N5O. The molecule has 1 saturated heterocycles. The highest BCUT2D eigenvalue weighted by molar-refractivity contribution is 5.88. The van der Waals surface area contributed by atoms with E-state index in [9.17, 15) is 4.79 Å². The van der Waals surface area contributed by atoms with Crippen LogP contribution >= 0.6 is 0 Å². The summed E-state index contributed by atoms with van der Waals surface area (Å²) in [6.45, 7) is 7.41. The van der Waals surface area contributed by atoms with Crippen molar-refractivity contribution >= 4 is 17.5 Å². The van der Waals surface area contributed by atoms with Gasteiger partial charge in [0.25, 0.3) is 0 Å². The molecule has 2 amide bonds. The van der Waals surface area contributed by atoms with E-state index in [2.05, 4.69) is 53.4 Å². The van der Waals surface area contributed by atoms with Gasteiger partial charge in [0, 0.05) is 50.2 Å². The fourth-order valence-electron chi connectivity index (χ4n) is 2.90. The summed E-state index contributed by atoms with van der Waals surface area (Å²) in [7, 11) is 0. The van der Waals surface area contributed by atoms with Gasteiger partial charge in [-0.15, -0.1) is 0 Å². The molecule has 0 saturated carbocycles. The SMILES string of the molecule is CC(C)n1ccc(NC(=O)N2CCCN(c3ccccc3)CC2)n1. The van der Waals surface area contributed by atoms with Gasteiger partial charge in [-0.3, -0.25) is 10.00 Å². The van der Waals surface area contributed by atoms with Crippen molar-refractivity contribution in [2.75, 3.05) is 36.4 Å². The average molecular weight is 327 g/mol. The summed E-state index contributed by atoms with van der Waals surface area (Å²) in [5.74, 6) is 0.609. The summed E-state index contributed by atoms with van der Waals surface area (Å²) in [5.41, 5.74) is 1.22. The molecule has 2 heterocycles. The molecule has 1 N–H and O–H groups in total. The molecule has 0 unspecified atom stereocenters. The van der Waals surface area contributed by atoms with E-state index in [0.717, 1.165) is 26.1 Å². The summed E-state index contributed by atoms with van der Waals surface area (Å²) in [5, 5.41) is 7.28. The van der Waals surface area contributed by atoms with Crippen molar-refractivity contribution in [1.82, 2.24) is 14.7 Å². The van der Waals surface area contributed by atoms with Gasteiger partial charge in [-0.25, -0.2) is 4.79 Å². The first-order valence-corrected chi connectivity index (χ1v) is 8.54. The monoisotopic (exact) mass is 327 g/mol. The molecule has 0 spiro atoms. The highest BCUT2D eigenvalue weighted by Crippen LogP contribution is 2.16. The van der Waals surface area contributed by atoms with Gasteiger partial charge >= 0.3 is 6.03 Å². The third-order valence-corrected chi connectivity index (χ3v) is 4.28. The van der Waals surface area contributed by atoms with Gasteiger partial charge in [0.2, 0.25) is 0 Å². The van der Waals surface area contributed by atoms with E-state index in [-0.39, 0.29) is 12.1 Å². The van der Waals surface area contributed by atoms with Crippen LogP contribution in [0.2, 0.25) is 0 Å². The zero-order valence-corrected chi connectivity index (χ0v) is 14.4. The number of urea groups is 1. The maximum Gasteiger partial charge on any atom is 0.323 e. The van der Waals surface area contributed by atoms with Crippen molar-refractivity contribution in [2.45, 2.75) is 26.3 Å². The molecule has 1 aromatic heterocycles. The summed E-state index contributed by atoms with van der Waals surface area (Å²) in [6, 6.07) is 12.4. The minimum Gasteiger partial charge on any atom is -0.370 e. The number of anilines is 2. The number of nitrogens with zero attached hydrogens (tertiary/aromatic N) is 4. The van der Waals surface area contributed by atoms with Gasteiger partial charge in [0.05, 0.1) is 0 Å². The van der Waals surface area contributed by atoms with Crippen LogP contribution < -0.4 is 10.2 Å². The summed E-state index contributed by atoms with van der Waals surface area (Å²) < 4.78 is 1.84. The second-order valence-electron chi connectivity index (χ2n) is 6.37. The highest BCUT2D eigenvalue weighted by atomic mass is 16.2. The molecular weight excluding hydrogens is 302 g/mol. The summed E-state index contributed by atoms with van der Waals surface area (Å²) in [6.07, 6.45) is 2.85. The van der Waals surface area contributed by atoms with Crippen LogP contribution in [0.4, 0.5) is 16.3 Å². The first-order valence-electron chi connectivity index (χ1n) is 8.54. The highest BCUT2D eigenvalue weighted by Gasteiger charge is 2.20. The largest absolute Gasteiger partial charge is 0.370 e. The smallest absolute Gasteiger partial charge is 0.323 e. The van der Waals surface area contributed by atoms with Crippen LogP contribution in [0.1, 0.15) is 26.3 Å². The number of aromatic nitrogens is 2. The number of para-hydroxylation sites is 1. The normalized spacial score (nSPS) is 15.5. The Morgan fingerprint density at radius 1 is 1.08 bits per heavy atom. The number of rotatable bonds is 3. The standard InChI is InChI=1S/C18H25N5O/c1-15(2)23-12-9-17(20-23)19-18(24)22-11-6-10-21(13-14-22)16-7-4-3-5-8-16/h3-5,7-9,12,15H,6,10-11,13-14H2,1-2H3,(H,19,20,24). The zero-order valence-electron chi connectivity index (χ0n) is 14.4. The molecule has 1 aliphatic heterocycles. The van der Waals surface area contributed by atoms with Crippen molar-refractivity contribution < 1.29 is 4.79 Å². The molecule has 1 aliphatic rings. The predicted octanol–water partition coefficient (Wildman–Crippen LogP) is 3.21. The quantitative estimate of drug-likeness (QED) is 0.942. The van der Waals surface area contributed by atoms with E-state index in [1.165, 1.54) is 5.69 Å². The Morgan fingerprint density at radius 3 is 2.58 bits per heavy atom. The number of hydrogen-bond donors (Lipinski definition) is 1. The van der Waals surface area contributed by atoms with E-state index in [1.54, 1.807) is 0 Å². The Hall–Kier alpha value is -2.50.